The average Bonchev–Trinajstić information content (AvgIpc) is 3.14. The lowest BCUT2D eigenvalue weighted by Crippen LogP contribution is -2.35. The van der Waals surface area contributed by atoms with Crippen molar-refractivity contribution in [3.8, 4) is 0 Å². The molecule has 3 heteroatoms. The second-order valence-corrected chi connectivity index (χ2v) is 5.95. The third-order valence-corrected chi connectivity index (χ3v) is 4.34. The lowest BCUT2D eigenvalue weighted by Gasteiger charge is -2.24. The van der Waals surface area contributed by atoms with E-state index < -0.39 is 0 Å². The number of allylic oxidation sites excluding steroid dienone is 2. The van der Waals surface area contributed by atoms with Crippen LogP contribution in [0.5, 0.6) is 0 Å². The Labute approximate surface area is 109 Å². The predicted molar refractivity (Wildman–Crippen MR) is 70.1 cm³/mol. The van der Waals surface area contributed by atoms with Crippen molar-refractivity contribution in [3.05, 3.63) is 12.2 Å². The van der Waals surface area contributed by atoms with Crippen molar-refractivity contribution < 1.29 is 9.53 Å². The first-order chi connectivity index (χ1) is 8.83. The van der Waals surface area contributed by atoms with Gasteiger partial charge in [0.05, 0.1) is 6.10 Å². The van der Waals surface area contributed by atoms with Crippen molar-refractivity contribution in [1.29, 1.82) is 0 Å². The molecule has 3 rings (SSSR count). The number of nitrogens with zero attached hydrogens (tertiary/aromatic N) is 1. The zero-order valence-electron chi connectivity index (χ0n) is 11.0. The van der Waals surface area contributed by atoms with E-state index in [-0.39, 0.29) is 5.92 Å². The normalized spacial score (nSPS) is 31.9. The van der Waals surface area contributed by atoms with Gasteiger partial charge in [0.1, 0.15) is 0 Å². The van der Waals surface area contributed by atoms with Crippen LogP contribution in [0, 0.1) is 11.8 Å². The molecule has 0 aromatic heterocycles. The first-order valence-corrected chi connectivity index (χ1v) is 7.38. The highest BCUT2D eigenvalue weighted by Crippen LogP contribution is 2.30. The van der Waals surface area contributed by atoms with Gasteiger partial charge < -0.3 is 9.64 Å². The van der Waals surface area contributed by atoms with Crippen LogP contribution >= 0.6 is 0 Å². The molecule has 2 aliphatic carbocycles. The fourth-order valence-corrected chi connectivity index (χ4v) is 2.90. The van der Waals surface area contributed by atoms with Gasteiger partial charge in [0.15, 0.2) is 0 Å². The summed E-state index contributed by atoms with van der Waals surface area (Å²) in [6.07, 6.45) is 11.4. The molecule has 2 atom stereocenters. The Morgan fingerprint density at radius 2 is 2.11 bits per heavy atom. The summed E-state index contributed by atoms with van der Waals surface area (Å²) in [5.74, 6) is 1.41. The van der Waals surface area contributed by atoms with Crippen molar-refractivity contribution in [1.82, 2.24) is 4.90 Å². The standard InChI is InChI=1S/C15H23NO2/c17-15(13-4-2-1-3-5-13)16-9-8-14(10-16)18-11-12-6-7-12/h1-2,12-14H,3-11H2/t13-,14-/m0/s1. The van der Waals surface area contributed by atoms with Gasteiger partial charge >= 0.3 is 0 Å². The molecule has 1 amide bonds. The van der Waals surface area contributed by atoms with Crippen LogP contribution in [-0.4, -0.2) is 36.6 Å². The maximum absolute atomic E-state index is 12.3. The summed E-state index contributed by atoms with van der Waals surface area (Å²) in [5, 5.41) is 0. The van der Waals surface area contributed by atoms with Crippen LogP contribution in [-0.2, 0) is 9.53 Å². The number of hydrogen-bond donors (Lipinski definition) is 0. The van der Waals surface area contributed by atoms with E-state index in [9.17, 15) is 4.79 Å². The van der Waals surface area contributed by atoms with Gasteiger partial charge in [-0.1, -0.05) is 12.2 Å². The fraction of sp³-hybridized carbons (Fsp3) is 0.800. The van der Waals surface area contributed by atoms with E-state index in [1.807, 2.05) is 4.90 Å². The second-order valence-electron chi connectivity index (χ2n) is 5.95. The van der Waals surface area contributed by atoms with E-state index in [0.29, 0.717) is 12.0 Å². The van der Waals surface area contributed by atoms with Gasteiger partial charge in [-0.25, -0.2) is 0 Å². The lowest BCUT2D eigenvalue weighted by atomic mass is 9.93. The van der Waals surface area contributed by atoms with Gasteiger partial charge in [-0.2, -0.15) is 0 Å². The van der Waals surface area contributed by atoms with E-state index in [1.54, 1.807) is 0 Å². The van der Waals surface area contributed by atoms with Crippen molar-refractivity contribution in [2.24, 2.45) is 11.8 Å². The summed E-state index contributed by atoms with van der Waals surface area (Å²) in [6.45, 7) is 2.64. The van der Waals surface area contributed by atoms with Crippen LogP contribution < -0.4 is 0 Å². The van der Waals surface area contributed by atoms with Gasteiger partial charge in [0, 0.05) is 25.6 Å². The number of carbonyl (C=O) groups excluding carboxylic acids is 1. The van der Waals surface area contributed by atoms with Crippen molar-refractivity contribution >= 4 is 5.91 Å². The zero-order chi connectivity index (χ0) is 12.4. The SMILES string of the molecule is O=C([C@H]1CC=CCC1)N1CC[C@H](OCC2CC2)C1. The summed E-state index contributed by atoms with van der Waals surface area (Å²) >= 11 is 0. The summed E-state index contributed by atoms with van der Waals surface area (Å²) in [4.78, 5) is 14.4. The topological polar surface area (TPSA) is 29.5 Å². The minimum Gasteiger partial charge on any atom is -0.376 e. The molecule has 100 valence electrons. The number of amides is 1. The molecule has 2 fully saturated rings. The molecule has 1 saturated heterocycles. The number of likely N-dealkylation sites (tertiary alicyclic amines) is 1. The molecule has 1 heterocycles. The average molecular weight is 249 g/mol. The molecule has 0 radical (unpaired) electrons. The molecule has 0 N–H and O–H groups in total. The van der Waals surface area contributed by atoms with E-state index in [1.165, 1.54) is 12.8 Å². The van der Waals surface area contributed by atoms with E-state index in [0.717, 1.165) is 51.3 Å². The van der Waals surface area contributed by atoms with Gasteiger partial charge in [-0.05, 0) is 44.4 Å². The molecular weight excluding hydrogens is 226 g/mol. The minimum atomic E-state index is 0.234. The molecule has 1 saturated carbocycles. The van der Waals surface area contributed by atoms with Crippen LogP contribution in [0.4, 0.5) is 0 Å². The Bertz CT molecular complexity index is 335. The molecule has 1 aliphatic heterocycles. The molecular formula is C15H23NO2. The molecule has 18 heavy (non-hydrogen) atoms. The monoisotopic (exact) mass is 249 g/mol. The van der Waals surface area contributed by atoms with Crippen LogP contribution in [0.2, 0.25) is 0 Å². The third kappa shape index (κ3) is 2.94. The van der Waals surface area contributed by atoms with Gasteiger partial charge in [0.25, 0.3) is 0 Å². The number of ether oxygens (including phenoxy) is 1. The van der Waals surface area contributed by atoms with Crippen molar-refractivity contribution in [2.45, 2.75) is 44.6 Å². The van der Waals surface area contributed by atoms with E-state index in [4.69, 9.17) is 4.74 Å². The number of rotatable bonds is 4. The smallest absolute Gasteiger partial charge is 0.226 e. The highest BCUT2D eigenvalue weighted by Gasteiger charge is 2.32. The van der Waals surface area contributed by atoms with Crippen molar-refractivity contribution in [2.75, 3.05) is 19.7 Å². The Morgan fingerprint density at radius 3 is 2.83 bits per heavy atom. The summed E-state index contributed by atoms with van der Waals surface area (Å²) in [5.41, 5.74) is 0. The molecule has 0 aromatic rings. The van der Waals surface area contributed by atoms with Gasteiger partial charge in [0.2, 0.25) is 5.91 Å². The summed E-state index contributed by atoms with van der Waals surface area (Å²) in [6, 6.07) is 0. The molecule has 3 aliphatic rings. The minimum absolute atomic E-state index is 0.234. The fourth-order valence-electron chi connectivity index (χ4n) is 2.90. The number of hydrogen-bond acceptors (Lipinski definition) is 2. The highest BCUT2D eigenvalue weighted by atomic mass is 16.5. The first kappa shape index (κ1) is 12.2. The zero-order valence-corrected chi connectivity index (χ0v) is 11.0. The maximum Gasteiger partial charge on any atom is 0.226 e. The Kier molecular flexibility index (Phi) is 3.69. The molecule has 0 spiro atoms. The predicted octanol–water partition coefficient (Wildman–Crippen LogP) is 2.37. The maximum atomic E-state index is 12.3. The largest absolute Gasteiger partial charge is 0.376 e. The van der Waals surface area contributed by atoms with Crippen LogP contribution in [0.15, 0.2) is 12.2 Å². The first-order valence-electron chi connectivity index (χ1n) is 7.38. The quantitative estimate of drug-likeness (QED) is 0.716. The Hall–Kier alpha value is -0.830. The van der Waals surface area contributed by atoms with E-state index >= 15 is 0 Å². The Balaban J connectivity index is 1.45. The van der Waals surface area contributed by atoms with Crippen LogP contribution in [0.1, 0.15) is 38.5 Å². The highest BCUT2D eigenvalue weighted by molar-refractivity contribution is 5.79. The summed E-state index contributed by atoms with van der Waals surface area (Å²) < 4.78 is 5.89. The lowest BCUT2D eigenvalue weighted by molar-refractivity contribution is -0.135. The molecule has 0 unspecified atom stereocenters. The second kappa shape index (κ2) is 5.43. The Morgan fingerprint density at radius 1 is 1.22 bits per heavy atom. The van der Waals surface area contributed by atoms with Crippen molar-refractivity contribution in [3.63, 3.8) is 0 Å². The molecule has 0 aromatic carbocycles. The van der Waals surface area contributed by atoms with Crippen LogP contribution in [0.3, 0.4) is 0 Å². The molecule has 3 nitrogen and oxygen atoms in total. The summed E-state index contributed by atoms with van der Waals surface area (Å²) in [7, 11) is 0. The van der Waals surface area contributed by atoms with E-state index in [2.05, 4.69) is 12.2 Å². The van der Waals surface area contributed by atoms with Gasteiger partial charge in [-0.15, -0.1) is 0 Å². The van der Waals surface area contributed by atoms with Gasteiger partial charge in [-0.3, -0.25) is 4.79 Å². The third-order valence-electron chi connectivity index (χ3n) is 4.34. The number of carbonyl (C=O) groups is 1. The molecule has 0 bridgehead atoms. The van der Waals surface area contributed by atoms with Crippen LogP contribution in [0.25, 0.3) is 0 Å².